The maximum Gasteiger partial charge on any atom is 0.119 e. The minimum Gasteiger partial charge on any atom is -0.489 e. The van der Waals surface area contributed by atoms with Crippen molar-refractivity contribution in [3.8, 4) is 5.75 Å². The summed E-state index contributed by atoms with van der Waals surface area (Å²) in [4.78, 5) is 0. The minimum absolute atomic E-state index is 0.483. The molecule has 1 fully saturated rings. The van der Waals surface area contributed by atoms with E-state index < -0.39 is 0 Å². The molecule has 2 nitrogen and oxygen atoms in total. The fourth-order valence-corrected chi connectivity index (χ4v) is 2.37. The highest BCUT2D eigenvalue weighted by Gasteiger charge is 2.19. The van der Waals surface area contributed by atoms with Gasteiger partial charge in [-0.2, -0.15) is 0 Å². The van der Waals surface area contributed by atoms with E-state index in [0.29, 0.717) is 16.7 Å². The number of nitrogens with one attached hydrogen (secondary N) is 1. The lowest BCUT2D eigenvalue weighted by Crippen LogP contribution is -2.15. The average molecular weight is 322 g/mol. The number of ether oxygens (including phenoxy) is 1. The fourth-order valence-electron chi connectivity index (χ4n) is 2.05. The number of halogens is 2. The highest BCUT2D eigenvalue weighted by atomic mass is 35.5. The Kier molecular flexibility index (Phi) is 4.69. The summed E-state index contributed by atoms with van der Waals surface area (Å²) in [5, 5.41) is 4.61. The van der Waals surface area contributed by atoms with E-state index in [-0.39, 0.29) is 0 Å². The molecule has 0 unspecified atom stereocenters. The van der Waals surface area contributed by atoms with Gasteiger partial charge in [-0.05, 0) is 48.2 Å². The average Bonchev–Trinajstić information content (AvgIpc) is 3.32. The van der Waals surface area contributed by atoms with Crippen LogP contribution in [0.2, 0.25) is 10.0 Å². The Bertz CT molecular complexity index is 609. The van der Waals surface area contributed by atoms with Crippen LogP contribution in [0.5, 0.6) is 5.75 Å². The van der Waals surface area contributed by atoms with Crippen molar-refractivity contribution in [1.29, 1.82) is 0 Å². The van der Waals surface area contributed by atoms with Crippen LogP contribution in [0.15, 0.2) is 42.5 Å². The summed E-state index contributed by atoms with van der Waals surface area (Å²) in [6.45, 7) is 1.41. The van der Waals surface area contributed by atoms with Crippen LogP contribution in [-0.2, 0) is 13.2 Å². The van der Waals surface area contributed by atoms with E-state index in [1.807, 2.05) is 24.3 Å². The molecule has 110 valence electrons. The Labute approximate surface area is 135 Å². The summed E-state index contributed by atoms with van der Waals surface area (Å²) in [5.41, 5.74) is 2.28. The third-order valence-corrected chi connectivity index (χ3v) is 4.22. The van der Waals surface area contributed by atoms with Gasteiger partial charge in [0.2, 0.25) is 0 Å². The second-order valence-corrected chi connectivity index (χ2v) is 6.15. The van der Waals surface area contributed by atoms with Crippen molar-refractivity contribution >= 4 is 23.2 Å². The molecule has 0 radical (unpaired) electrons. The molecule has 0 atom stereocenters. The smallest absolute Gasteiger partial charge is 0.119 e. The molecule has 21 heavy (non-hydrogen) atoms. The third-order valence-electron chi connectivity index (χ3n) is 3.49. The predicted molar refractivity (Wildman–Crippen MR) is 87.1 cm³/mol. The van der Waals surface area contributed by atoms with E-state index in [1.165, 1.54) is 18.4 Å². The Morgan fingerprint density at radius 3 is 2.33 bits per heavy atom. The lowest BCUT2D eigenvalue weighted by molar-refractivity contribution is 0.306. The van der Waals surface area contributed by atoms with Crippen molar-refractivity contribution in [1.82, 2.24) is 5.32 Å². The summed E-state index contributed by atoms with van der Waals surface area (Å²) in [7, 11) is 0. The molecule has 1 saturated carbocycles. The molecule has 0 saturated heterocycles. The molecule has 1 N–H and O–H groups in total. The Balaban J connectivity index is 1.53. The van der Waals surface area contributed by atoms with Crippen LogP contribution in [0.25, 0.3) is 0 Å². The fraction of sp³-hybridized carbons (Fsp3) is 0.294. The van der Waals surface area contributed by atoms with Crippen molar-refractivity contribution in [2.24, 2.45) is 0 Å². The van der Waals surface area contributed by atoms with Crippen molar-refractivity contribution in [2.45, 2.75) is 32.0 Å². The first-order valence-corrected chi connectivity index (χ1v) is 7.85. The van der Waals surface area contributed by atoms with Crippen LogP contribution >= 0.6 is 23.2 Å². The second kappa shape index (κ2) is 6.69. The monoisotopic (exact) mass is 321 g/mol. The summed E-state index contributed by atoms with van der Waals surface area (Å²) in [6, 6.07) is 14.5. The van der Waals surface area contributed by atoms with Gasteiger partial charge < -0.3 is 10.1 Å². The molecule has 4 heteroatoms. The summed E-state index contributed by atoms with van der Waals surface area (Å²) in [6.07, 6.45) is 2.62. The standard InChI is InChI=1S/C17H17Cl2NO/c18-16-8-3-13(9-17(16)19)11-21-15-6-1-12(2-7-15)10-20-14-4-5-14/h1-3,6-9,14,20H,4-5,10-11H2. The maximum atomic E-state index is 5.99. The molecule has 2 aromatic rings. The SMILES string of the molecule is Clc1ccc(COc2ccc(CNC3CC3)cc2)cc1Cl. The molecule has 2 aromatic carbocycles. The van der Waals surface area contributed by atoms with Crippen LogP contribution in [0, 0.1) is 0 Å². The van der Waals surface area contributed by atoms with Crippen LogP contribution in [0.4, 0.5) is 0 Å². The Morgan fingerprint density at radius 2 is 1.67 bits per heavy atom. The molecule has 0 aromatic heterocycles. The molecule has 0 bridgehead atoms. The zero-order valence-electron chi connectivity index (χ0n) is 11.6. The Morgan fingerprint density at radius 1 is 0.952 bits per heavy atom. The van der Waals surface area contributed by atoms with Gasteiger partial charge in [0.15, 0.2) is 0 Å². The summed E-state index contributed by atoms with van der Waals surface area (Å²) in [5.74, 6) is 0.858. The van der Waals surface area contributed by atoms with Gasteiger partial charge >= 0.3 is 0 Å². The quantitative estimate of drug-likeness (QED) is 0.823. The van der Waals surface area contributed by atoms with Crippen LogP contribution in [-0.4, -0.2) is 6.04 Å². The molecule has 0 spiro atoms. The molecular formula is C17H17Cl2NO. The van der Waals surface area contributed by atoms with Crippen LogP contribution in [0.3, 0.4) is 0 Å². The van der Waals surface area contributed by atoms with Gasteiger partial charge in [-0.1, -0.05) is 41.4 Å². The topological polar surface area (TPSA) is 21.3 Å². The zero-order valence-corrected chi connectivity index (χ0v) is 13.1. The molecule has 0 aliphatic heterocycles. The summed E-state index contributed by atoms with van der Waals surface area (Å²) >= 11 is 11.9. The molecular weight excluding hydrogens is 305 g/mol. The van der Waals surface area contributed by atoms with E-state index in [2.05, 4.69) is 17.4 Å². The van der Waals surface area contributed by atoms with Gasteiger partial charge in [0.1, 0.15) is 12.4 Å². The molecule has 1 aliphatic rings. The highest BCUT2D eigenvalue weighted by molar-refractivity contribution is 6.42. The largest absolute Gasteiger partial charge is 0.489 e. The molecule has 3 rings (SSSR count). The third kappa shape index (κ3) is 4.37. The number of benzene rings is 2. The first kappa shape index (κ1) is 14.7. The molecule has 0 amide bonds. The Hall–Kier alpha value is -1.22. The number of rotatable bonds is 6. The predicted octanol–water partition coefficient (Wildman–Crippen LogP) is 4.82. The lowest BCUT2D eigenvalue weighted by Gasteiger charge is -2.08. The van der Waals surface area contributed by atoms with E-state index in [4.69, 9.17) is 27.9 Å². The van der Waals surface area contributed by atoms with E-state index in [9.17, 15) is 0 Å². The highest BCUT2D eigenvalue weighted by Crippen LogP contribution is 2.24. The number of hydrogen-bond acceptors (Lipinski definition) is 2. The van der Waals surface area contributed by atoms with E-state index >= 15 is 0 Å². The summed E-state index contributed by atoms with van der Waals surface area (Å²) < 4.78 is 5.76. The van der Waals surface area contributed by atoms with Crippen molar-refractivity contribution in [2.75, 3.05) is 0 Å². The van der Waals surface area contributed by atoms with E-state index in [0.717, 1.165) is 23.9 Å². The zero-order chi connectivity index (χ0) is 14.7. The van der Waals surface area contributed by atoms with Crippen LogP contribution in [0.1, 0.15) is 24.0 Å². The number of hydrogen-bond donors (Lipinski definition) is 1. The van der Waals surface area contributed by atoms with Gasteiger partial charge in [-0.25, -0.2) is 0 Å². The van der Waals surface area contributed by atoms with Gasteiger partial charge in [0, 0.05) is 12.6 Å². The van der Waals surface area contributed by atoms with Crippen LogP contribution < -0.4 is 10.1 Å². The van der Waals surface area contributed by atoms with Crippen molar-refractivity contribution in [3.63, 3.8) is 0 Å². The first-order chi connectivity index (χ1) is 10.2. The minimum atomic E-state index is 0.483. The first-order valence-electron chi connectivity index (χ1n) is 7.10. The van der Waals surface area contributed by atoms with E-state index in [1.54, 1.807) is 6.07 Å². The second-order valence-electron chi connectivity index (χ2n) is 5.34. The van der Waals surface area contributed by atoms with Gasteiger partial charge in [0.25, 0.3) is 0 Å². The molecule has 1 aliphatic carbocycles. The van der Waals surface area contributed by atoms with Gasteiger partial charge in [0.05, 0.1) is 10.0 Å². The van der Waals surface area contributed by atoms with Crippen molar-refractivity contribution in [3.05, 3.63) is 63.6 Å². The van der Waals surface area contributed by atoms with Gasteiger partial charge in [-0.3, -0.25) is 0 Å². The maximum absolute atomic E-state index is 5.99. The van der Waals surface area contributed by atoms with Crippen molar-refractivity contribution < 1.29 is 4.74 Å². The lowest BCUT2D eigenvalue weighted by atomic mass is 10.2. The molecule has 0 heterocycles. The normalized spacial score (nSPS) is 14.2. The van der Waals surface area contributed by atoms with Gasteiger partial charge in [-0.15, -0.1) is 0 Å².